The number of nitrogens with one attached hydrogen (secondary N) is 1. The lowest BCUT2D eigenvalue weighted by atomic mass is 10.2. The molecule has 0 amide bonds. The van der Waals surface area contributed by atoms with Crippen molar-refractivity contribution in [2.45, 2.75) is 11.3 Å². The van der Waals surface area contributed by atoms with Crippen LogP contribution < -0.4 is 9.62 Å². The largest absolute Gasteiger partial charge is 0.369 e. The van der Waals surface area contributed by atoms with Gasteiger partial charge in [-0.2, -0.15) is 0 Å². The van der Waals surface area contributed by atoms with Crippen LogP contribution in [0.3, 0.4) is 0 Å². The molecule has 0 spiro atoms. The smallest absolute Gasteiger partial charge is 0.240 e. The van der Waals surface area contributed by atoms with Crippen molar-refractivity contribution in [3.05, 3.63) is 58.6 Å². The molecule has 1 aliphatic rings. The van der Waals surface area contributed by atoms with Crippen LogP contribution in [0.1, 0.15) is 6.42 Å². The van der Waals surface area contributed by atoms with Crippen LogP contribution in [0.5, 0.6) is 0 Å². The summed E-state index contributed by atoms with van der Waals surface area (Å²) in [5, 5.41) is 1.16. The number of benzene rings is 2. The standard InChI is InChI=1S/C19H23Cl2N3O2S/c20-16-5-7-18(8-6-16)24-13-11-23(12-14-24)10-2-9-22-27(25,26)19-4-1-3-17(21)15-19/h1,3-8,15,22H,2,9-14H2. The first-order chi connectivity index (χ1) is 12.9. The predicted molar refractivity (Wildman–Crippen MR) is 111 cm³/mol. The Hall–Kier alpha value is -1.31. The molecular weight excluding hydrogens is 405 g/mol. The van der Waals surface area contributed by atoms with Gasteiger partial charge < -0.3 is 4.90 Å². The quantitative estimate of drug-likeness (QED) is 0.687. The Kier molecular flexibility index (Phi) is 7.00. The van der Waals surface area contributed by atoms with Gasteiger partial charge in [-0.05, 0) is 55.4 Å². The highest BCUT2D eigenvalue weighted by atomic mass is 35.5. The third-order valence-electron chi connectivity index (χ3n) is 4.61. The SMILES string of the molecule is O=S(=O)(NCCCN1CCN(c2ccc(Cl)cc2)CC1)c1cccc(Cl)c1. The number of anilines is 1. The highest BCUT2D eigenvalue weighted by Gasteiger charge is 2.18. The lowest BCUT2D eigenvalue weighted by molar-refractivity contribution is 0.255. The number of halogens is 2. The van der Waals surface area contributed by atoms with Gasteiger partial charge in [0.1, 0.15) is 0 Å². The number of hydrogen-bond donors (Lipinski definition) is 1. The lowest BCUT2D eigenvalue weighted by Crippen LogP contribution is -2.47. The van der Waals surface area contributed by atoms with E-state index >= 15 is 0 Å². The second kappa shape index (κ2) is 9.26. The highest BCUT2D eigenvalue weighted by Crippen LogP contribution is 2.19. The van der Waals surface area contributed by atoms with Gasteiger partial charge in [0.05, 0.1) is 4.90 Å². The minimum absolute atomic E-state index is 0.201. The second-order valence-electron chi connectivity index (χ2n) is 6.51. The van der Waals surface area contributed by atoms with E-state index in [2.05, 4.69) is 14.5 Å². The summed E-state index contributed by atoms with van der Waals surface area (Å²) >= 11 is 11.8. The average Bonchev–Trinajstić information content (AvgIpc) is 2.66. The Morgan fingerprint density at radius 3 is 2.30 bits per heavy atom. The molecule has 3 rings (SSSR count). The van der Waals surface area contributed by atoms with Crippen LogP contribution in [0.4, 0.5) is 5.69 Å². The average molecular weight is 428 g/mol. The minimum Gasteiger partial charge on any atom is -0.369 e. The van der Waals surface area contributed by atoms with Crippen LogP contribution in [0.25, 0.3) is 0 Å². The van der Waals surface area contributed by atoms with Crippen molar-refractivity contribution >= 4 is 38.9 Å². The Labute approximate surface area is 170 Å². The molecule has 0 aromatic heterocycles. The van der Waals surface area contributed by atoms with Gasteiger partial charge in [-0.1, -0.05) is 29.3 Å². The van der Waals surface area contributed by atoms with Crippen molar-refractivity contribution in [2.75, 3.05) is 44.2 Å². The molecule has 0 aliphatic carbocycles. The predicted octanol–water partition coefficient (Wildman–Crippen LogP) is 3.48. The molecule has 1 aliphatic heterocycles. The van der Waals surface area contributed by atoms with E-state index in [0.717, 1.165) is 44.2 Å². The molecule has 2 aromatic carbocycles. The number of piperazine rings is 1. The van der Waals surface area contributed by atoms with Crippen LogP contribution in [-0.2, 0) is 10.0 Å². The van der Waals surface area contributed by atoms with E-state index in [-0.39, 0.29) is 4.90 Å². The topological polar surface area (TPSA) is 52.7 Å². The van der Waals surface area contributed by atoms with Crippen molar-refractivity contribution in [1.29, 1.82) is 0 Å². The van der Waals surface area contributed by atoms with Gasteiger partial charge in [0.15, 0.2) is 0 Å². The third-order valence-corrected chi connectivity index (χ3v) is 6.56. The number of rotatable bonds is 7. The molecular formula is C19H23Cl2N3O2S. The molecule has 0 bridgehead atoms. The van der Waals surface area contributed by atoms with Crippen LogP contribution >= 0.6 is 23.2 Å². The first-order valence-corrected chi connectivity index (χ1v) is 11.2. The van der Waals surface area contributed by atoms with Crippen LogP contribution in [0.2, 0.25) is 10.0 Å². The first-order valence-electron chi connectivity index (χ1n) is 8.92. The summed E-state index contributed by atoms with van der Waals surface area (Å²) in [5.74, 6) is 0. The molecule has 146 valence electrons. The van der Waals surface area contributed by atoms with Gasteiger partial charge in [0.2, 0.25) is 10.0 Å². The Morgan fingerprint density at radius 2 is 1.63 bits per heavy atom. The molecule has 27 heavy (non-hydrogen) atoms. The molecule has 5 nitrogen and oxygen atoms in total. The van der Waals surface area contributed by atoms with Gasteiger partial charge >= 0.3 is 0 Å². The van der Waals surface area contributed by atoms with Gasteiger partial charge in [-0.3, -0.25) is 4.90 Å². The van der Waals surface area contributed by atoms with Crippen LogP contribution in [0.15, 0.2) is 53.4 Å². The zero-order valence-electron chi connectivity index (χ0n) is 14.9. The van der Waals surface area contributed by atoms with Gasteiger partial charge in [0, 0.05) is 48.5 Å². The van der Waals surface area contributed by atoms with Crippen LogP contribution in [-0.4, -0.2) is 52.6 Å². The van der Waals surface area contributed by atoms with E-state index in [1.54, 1.807) is 18.2 Å². The Morgan fingerprint density at radius 1 is 0.926 bits per heavy atom. The molecule has 1 heterocycles. The summed E-state index contributed by atoms with van der Waals surface area (Å²) in [5.41, 5.74) is 1.19. The Bertz CT molecular complexity index is 852. The summed E-state index contributed by atoms with van der Waals surface area (Å²) in [6.07, 6.45) is 0.765. The van der Waals surface area contributed by atoms with Gasteiger partial charge in [-0.25, -0.2) is 13.1 Å². The Balaban J connectivity index is 1.40. The van der Waals surface area contributed by atoms with E-state index in [4.69, 9.17) is 23.2 Å². The summed E-state index contributed by atoms with van der Waals surface area (Å²) in [6.45, 7) is 5.11. The number of nitrogens with zero attached hydrogens (tertiary/aromatic N) is 2. The van der Waals surface area contributed by atoms with Crippen LogP contribution in [0, 0.1) is 0 Å². The molecule has 0 radical (unpaired) electrons. The third kappa shape index (κ3) is 5.83. The zero-order chi connectivity index (χ0) is 19.3. The molecule has 0 unspecified atom stereocenters. The van der Waals surface area contributed by atoms with E-state index in [9.17, 15) is 8.42 Å². The molecule has 1 N–H and O–H groups in total. The van der Waals surface area contributed by atoms with Crippen molar-refractivity contribution in [2.24, 2.45) is 0 Å². The number of sulfonamides is 1. The fourth-order valence-electron chi connectivity index (χ4n) is 3.11. The van der Waals surface area contributed by atoms with Crippen molar-refractivity contribution in [1.82, 2.24) is 9.62 Å². The van der Waals surface area contributed by atoms with Crippen molar-refractivity contribution in [3.63, 3.8) is 0 Å². The van der Waals surface area contributed by atoms with E-state index in [1.807, 2.05) is 24.3 Å². The summed E-state index contributed by atoms with van der Waals surface area (Å²) in [6, 6.07) is 14.2. The molecule has 2 aromatic rings. The fourth-order valence-corrected chi connectivity index (χ4v) is 4.61. The number of hydrogen-bond acceptors (Lipinski definition) is 4. The summed E-state index contributed by atoms with van der Waals surface area (Å²) < 4.78 is 27.2. The van der Waals surface area contributed by atoms with Gasteiger partial charge in [0.25, 0.3) is 0 Å². The molecule has 0 atom stereocenters. The van der Waals surface area contributed by atoms with E-state index in [1.165, 1.54) is 11.8 Å². The molecule has 8 heteroatoms. The summed E-state index contributed by atoms with van der Waals surface area (Å²) in [4.78, 5) is 4.90. The molecule has 1 saturated heterocycles. The van der Waals surface area contributed by atoms with E-state index in [0.29, 0.717) is 11.6 Å². The normalized spacial score (nSPS) is 15.9. The molecule has 0 saturated carbocycles. The van der Waals surface area contributed by atoms with Crippen molar-refractivity contribution < 1.29 is 8.42 Å². The first kappa shape index (κ1) is 20.4. The van der Waals surface area contributed by atoms with Gasteiger partial charge in [-0.15, -0.1) is 0 Å². The van der Waals surface area contributed by atoms with E-state index < -0.39 is 10.0 Å². The second-order valence-corrected chi connectivity index (χ2v) is 9.15. The highest BCUT2D eigenvalue weighted by molar-refractivity contribution is 7.89. The lowest BCUT2D eigenvalue weighted by Gasteiger charge is -2.36. The minimum atomic E-state index is -3.51. The summed E-state index contributed by atoms with van der Waals surface area (Å²) in [7, 11) is -3.51. The fraction of sp³-hybridized carbons (Fsp3) is 0.368. The maximum atomic E-state index is 12.3. The maximum absolute atomic E-state index is 12.3. The maximum Gasteiger partial charge on any atom is 0.240 e. The molecule has 1 fully saturated rings. The monoisotopic (exact) mass is 427 g/mol. The van der Waals surface area contributed by atoms with Crippen molar-refractivity contribution in [3.8, 4) is 0 Å². The zero-order valence-corrected chi connectivity index (χ0v) is 17.3.